The lowest BCUT2D eigenvalue weighted by molar-refractivity contribution is -0.121. The Bertz CT molecular complexity index is 887. The fourth-order valence-corrected chi connectivity index (χ4v) is 4.16. The number of piperidine rings is 1. The molecule has 138 valence electrons. The van der Waals surface area contributed by atoms with E-state index < -0.39 is 0 Å². The molecule has 1 atom stereocenters. The molecule has 5 nitrogen and oxygen atoms in total. The highest BCUT2D eigenvalue weighted by Crippen LogP contribution is 2.35. The zero-order chi connectivity index (χ0) is 18.8. The van der Waals surface area contributed by atoms with Crippen LogP contribution in [0.25, 0.3) is 11.1 Å². The van der Waals surface area contributed by atoms with Crippen molar-refractivity contribution in [2.24, 2.45) is 5.92 Å². The lowest BCUT2D eigenvalue weighted by Gasteiger charge is -2.28. The number of amides is 1. The van der Waals surface area contributed by atoms with Gasteiger partial charge in [0.1, 0.15) is 0 Å². The van der Waals surface area contributed by atoms with E-state index in [0.29, 0.717) is 13.1 Å². The monoisotopic (exact) mass is 360 g/mol. The zero-order valence-corrected chi connectivity index (χ0v) is 15.6. The van der Waals surface area contributed by atoms with Crippen molar-refractivity contribution in [2.45, 2.75) is 25.9 Å². The van der Waals surface area contributed by atoms with Crippen molar-refractivity contribution in [3.8, 4) is 17.3 Å². The molecule has 0 bridgehead atoms. The summed E-state index contributed by atoms with van der Waals surface area (Å²) in [6.45, 7) is 3.09. The van der Waals surface area contributed by atoms with Crippen LogP contribution in [-0.2, 0) is 17.9 Å². The molecule has 1 amide bonds. The molecule has 0 aliphatic carbocycles. The lowest BCUT2D eigenvalue weighted by atomic mass is 9.95. The number of rotatable bonds is 3. The maximum atomic E-state index is 12.8. The Morgan fingerprint density at radius 2 is 2.04 bits per heavy atom. The predicted octanol–water partition coefficient (Wildman–Crippen LogP) is 3.43. The molecule has 4 rings (SSSR count). The number of benzene rings is 2. The van der Waals surface area contributed by atoms with Crippen molar-refractivity contribution in [1.29, 1.82) is 5.26 Å². The van der Waals surface area contributed by atoms with Crippen LogP contribution in [0.3, 0.4) is 0 Å². The first-order chi connectivity index (χ1) is 13.1. The number of nitrogens with one attached hydrogen (secondary N) is 1. The standard InChI is InChI=1S/C22H24N4O/c1-25-9-5-8-17(12-25)22(27)24-19-10-18-13-26(15-23)14-21(18)20(11-19)16-6-3-2-4-7-16/h2-4,6-7,10-11,17H,5,8-9,12-14H2,1H3,(H,24,27)/t17-/m1/s1. The Balaban J connectivity index is 1.64. The van der Waals surface area contributed by atoms with Crippen LogP contribution in [-0.4, -0.2) is 35.8 Å². The van der Waals surface area contributed by atoms with E-state index in [9.17, 15) is 10.1 Å². The first-order valence-electron chi connectivity index (χ1n) is 9.49. The van der Waals surface area contributed by atoms with Gasteiger partial charge >= 0.3 is 0 Å². The summed E-state index contributed by atoms with van der Waals surface area (Å²) in [5.41, 5.74) is 5.33. The van der Waals surface area contributed by atoms with Crippen molar-refractivity contribution < 1.29 is 4.79 Å². The third kappa shape index (κ3) is 3.67. The highest BCUT2D eigenvalue weighted by atomic mass is 16.1. The van der Waals surface area contributed by atoms with Crippen LogP contribution in [0, 0.1) is 17.4 Å². The Hall–Kier alpha value is -2.84. The van der Waals surface area contributed by atoms with Gasteiger partial charge in [-0.15, -0.1) is 0 Å². The van der Waals surface area contributed by atoms with Crippen molar-refractivity contribution in [3.63, 3.8) is 0 Å². The normalized spacial score (nSPS) is 19.4. The number of carbonyl (C=O) groups is 1. The maximum Gasteiger partial charge on any atom is 0.228 e. The fourth-order valence-electron chi connectivity index (χ4n) is 4.16. The molecular weight excluding hydrogens is 336 g/mol. The van der Waals surface area contributed by atoms with Gasteiger partial charge in [0.05, 0.1) is 19.0 Å². The lowest BCUT2D eigenvalue weighted by Crippen LogP contribution is -2.38. The van der Waals surface area contributed by atoms with E-state index in [1.54, 1.807) is 4.90 Å². The summed E-state index contributed by atoms with van der Waals surface area (Å²) >= 11 is 0. The SMILES string of the molecule is CN1CCC[C@@H](C(=O)Nc2cc3c(c(-c4ccccc4)c2)CN(C#N)C3)C1. The molecule has 27 heavy (non-hydrogen) atoms. The molecule has 2 aromatic carbocycles. The van der Waals surface area contributed by atoms with Gasteiger partial charge in [0.2, 0.25) is 5.91 Å². The number of nitrogens with zero attached hydrogens (tertiary/aromatic N) is 3. The van der Waals surface area contributed by atoms with Gasteiger partial charge in [0.25, 0.3) is 0 Å². The first-order valence-corrected chi connectivity index (χ1v) is 9.49. The van der Waals surface area contributed by atoms with Crippen molar-refractivity contribution >= 4 is 11.6 Å². The number of nitriles is 1. The average molecular weight is 360 g/mol. The average Bonchev–Trinajstić information content (AvgIpc) is 3.11. The van der Waals surface area contributed by atoms with Crippen molar-refractivity contribution in [1.82, 2.24) is 9.80 Å². The highest BCUT2D eigenvalue weighted by Gasteiger charge is 2.26. The Labute approximate surface area is 160 Å². The molecule has 0 radical (unpaired) electrons. The minimum absolute atomic E-state index is 0.0350. The number of fused-ring (bicyclic) bond motifs is 1. The third-order valence-electron chi connectivity index (χ3n) is 5.54. The maximum absolute atomic E-state index is 12.8. The van der Waals surface area contributed by atoms with Gasteiger partial charge in [-0.25, -0.2) is 0 Å². The van der Waals surface area contributed by atoms with E-state index in [1.807, 2.05) is 24.3 Å². The second kappa shape index (κ2) is 7.42. The van der Waals surface area contributed by atoms with E-state index in [0.717, 1.165) is 48.3 Å². The van der Waals surface area contributed by atoms with E-state index in [4.69, 9.17) is 0 Å². The summed E-state index contributed by atoms with van der Waals surface area (Å²) in [6, 6.07) is 14.3. The predicted molar refractivity (Wildman–Crippen MR) is 106 cm³/mol. The molecule has 0 unspecified atom stereocenters. The van der Waals surface area contributed by atoms with E-state index in [-0.39, 0.29) is 11.8 Å². The number of carbonyl (C=O) groups excluding carboxylic acids is 1. The van der Waals surface area contributed by atoms with Crippen molar-refractivity contribution in [3.05, 3.63) is 53.6 Å². The third-order valence-corrected chi connectivity index (χ3v) is 5.54. The first kappa shape index (κ1) is 17.6. The Morgan fingerprint density at radius 3 is 2.78 bits per heavy atom. The summed E-state index contributed by atoms with van der Waals surface area (Å²) in [5.74, 6) is 0.128. The molecule has 2 aromatic rings. The Kier molecular flexibility index (Phi) is 4.83. The minimum atomic E-state index is 0.0350. The van der Waals surface area contributed by atoms with Crippen LogP contribution in [0.4, 0.5) is 5.69 Å². The van der Waals surface area contributed by atoms with E-state index in [1.165, 1.54) is 5.56 Å². The minimum Gasteiger partial charge on any atom is -0.326 e. The summed E-state index contributed by atoms with van der Waals surface area (Å²) in [5, 5.41) is 12.4. The molecule has 0 aromatic heterocycles. The van der Waals surface area contributed by atoms with Crippen LogP contribution < -0.4 is 5.32 Å². The zero-order valence-electron chi connectivity index (χ0n) is 15.6. The van der Waals surface area contributed by atoms with Gasteiger partial charge in [-0.05, 0) is 60.8 Å². The number of likely N-dealkylation sites (tertiary alicyclic amines) is 1. The van der Waals surface area contributed by atoms with Crippen LogP contribution in [0.2, 0.25) is 0 Å². The van der Waals surface area contributed by atoms with Crippen molar-refractivity contribution in [2.75, 3.05) is 25.5 Å². The van der Waals surface area contributed by atoms with Crippen LogP contribution in [0.5, 0.6) is 0 Å². The summed E-state index contributed by atoms with van der Waals surface area (Å²) < 4.78 is 0. The summed E-state index contributed by atoms with van der Waals surface area (Å²) in [4.78, 5) is 16.7. The molecule has 0 saturated carbocycles. The molecule has 1 saturated heterocycles. The van der Waals surface area contributed by atoms with Crippen LogP contribution >= 0.6 is 0 Å². The topological polar surface area (TPSA) is 59.4 Å². The van der Waals surface area contributed by atoms with Crippen LogP contribution in [0.1, 0.15) is 24.0 Å². The summed E-state index contributed by atoms with van der Waals surface area (Å²) in [7, 11) is 2.07. The molecule has 5 heteroatoms. The van der Waals surface area contributed by atoms with Gasteiger partial charge in [-0.2, -0.15) is 5.26 Å². The second-order valence-electron chi connectivity index (χ2n) is 7.57. The molecule has 1 N–H and O–H groups in total. The molecule has 2 aliphatic heterocycles. The highest BCUT2D eigenvalue weighted by molar-refractivity contribution is 5.94. The van der Waals surface area contributed by atoms with Gasteiger partial charge < -0.3 is 15.1 Å². The van der Waals surface area contributed by atoms with Gasteiger partial charge in [-0.3, -0.25) is 4.79 Å². The molecule has 1 fully saturated rings. The molecular formula is C22H24N4O. The van der Waals surface area contributed by atoms with Gasteiger partial charge in [-0.1, -0.05) is 30.3 Å². The summed E-state index contributed by atoms with van der Waals surface area (Å²) in [6.07, 6.45) is 4.25. The quantitative estimate of drug-likeness (QED) is 0.852. The Morgan fingerprint density at radius 1 is 1.22 bits per heavy atom. The number of anilines is 1. The molecule has 0 spiro atoms. The largest absolute Gasteiger partial charge is 0.326 e. The van der Waals surface area contributed by atoms with Gasteiger partial charge in [0.15, 0.2) is 6.19 Å². The smallest absolute Gasteiger partial charge is 0.228 e. The van der Waals surface area contributed by atoms with Gasteiger partial charge in [0, 0.05) is 12.2 Å². The number of hydrogen-bond acceptors (Lipinski definition) is 4. The molecule has 2 aliphatic rings. The fraction of sp³-hybridized carbons (Fsp3) is 0.364. The van der Waals surface area contributed by atoms with Crippen LogP contribution in [0.15, 0.2) is 42.5 Å². The van der Waals surface area contributed by atoms with E-state index >= 15 is 0 Å². The van der Waals surface area contributed by atoms with E-state index in [2.05, 4.69) is 41.7 Å². The second-order valence-corrected chi connectivity index (χ2v) is 7.57. The number of hydrogen-bond donors (Lipinski definition) is 1. The molecule has 2 heterocycles.